The molecule has 0 aromatic heterocycles. The number of methoxy groups -OCH3 is 1. The molecular weight excluding hydrogens is 315 g/mol. The summed E-state index contributed by atoms with van der Waals surface area (Å²) in [5.74, 6) is 0.235. The number of benzene rings is 1. The van der Waals surface area contributed by atoms with Crippen LogP contribution < -0.4 is 4.74 Å². The SMILES string of the molecule is COc1c(Cl)cc(C(=O)N2CCN(C(C)=O)CC2)cc1Cl. The second-order valence-corrected chi connectivity index (χ2v) is 5.59. The average molecular weight is 331 g/mol. The smallest absolute Gasteiger partial charge is 0.254 e. The molecule has 1 aliphatic rings. The summed E-state index contributed by atoms with van der Waals surface area (Å²) in [6.07, 6.45) is 0. The van der Waals surface area contributed by atoms with Crippen LogP contribution in [0.3, 0.4) is 0 Å². The number of carbonyl (C=O) groups excluding carboxylic acids is 2. The minimum Gasteiger partial charge on any atom is -0.494 e. The molecule has 1 aromatic rings. The number of hydrogen-bond acceptors (Lipinski definition) is 3. The molecule has 7 heteroatoms. The molecule has 1 aliphatic heterocycles. The van der Waals surface area contributed by atoms with Gasteiger partial charge in [-0.05, 0) is 12.1 Å². The number of carbonyl (C=O) groups is 2. The second kappa shape index (κ2) is 6.54. The quantitative estimate of drug-likeness (QED) is 0.836. The molecule has 2 amide bonds. The molecule has 5 nitrogen and oxygen atoms in total. The molecule has 0 N–H and O–H groups in total. The topological polar surface area (TPSA) is 49.9 Å². The highest BCUT2D eigenvalue weighted by Gasteiger charge is 2.24. The van der Waals surface area contributed by atoms with Gasteiger partial charge < -0.3 is 14.5 Å². The summed E-state index contributed by atoms with van der Waals surface area (Å²) >= 11 is 12.1. The van der Waals surface area contributed by atoms with Crippen molar-refractivity contribution >= 4 is 35.0 Å². The highest BCUT2D eigenvalue weighted by atomic mass is 35.5. The predicted octanol–water partition coefficient (Wildman–Crippen LogP) is 2.31. The number of ether oxygens (including phenoxy) is 1. The van der Waals surface area contributed by atoms with E-state index in [0.29, 0.717) is 47.5 Å². The van der Waals surface area contributed by atoms with Crippen LogP contribution in [0.2, 0.25) is 10.0 Å². The van der Waals surface area contributed by atoms with Crippen LogP contribution in [0.15, 0.2) is 12.1 Å². The zero-order valence-electron chi connectivity index (χ0n) is 11.9. The lowest BCUT2D eigenvalue weighted by molar-refractivity contribution is -0.130. The molecule has 2 rings (SSSR count). The average Bonchev–Trinajstić information content (AvgIpc) is 2.46. The van der Waals surface area contributed by atoms with Crippen LogP contribution in [0.4, 0.5) is 0 Å². The van der Waals surface area contributed by atoms with E-state index >= 15 is 0 Å². The largest absolute Gasteiger partial charge is 0.494 e. The van der Waals surface area contributed by atoms with Gasteiger partial charge in [0.1, 0.15) is 0 Å². The number of rotatable bonds is 2. The Labute approximate surface area is 133 Å². The van der Waals surface area contributed by atoms with Crippen molar-refractivity contribution in [2.45, 2.75) is 6.92 Å². The Kier molecular flexibility index (Phi) is 4.96. The lowest BCUT2D eigenvalue weighted by atomic mass is 10.1. The summed E-state index contributed by atoms with van der Waals surface area (Å²) in [7, 11) is 1.47. The maximum absolute atomic E-state index is 12.4. The third-order valence-corrected chi connectivity index (χ3v) is 4.02. The maximum atomic E-state index is 12.4. The molecule has 0 spiro atoms. The Morgan fingerprint density at radius 3 is 1.95 bits per heavy atom. The van der Waals surface area contributed by atoms with Crippen molar-refractivity contribution in [1.29, 1.82) is 0 Å². The van der Waals surface area contributed by atoms with Gasteiger partial charge in [-0.2, -0.15) is 0 Å². The van der Waals surface area contributed by atoms with E-state index in [2.05, 4.69) is 0 Å². The van der Waals surface area contributed by atoms with Crippen LogP contribution in [-0.4, -0.2) is 54.9 Å². The summed E-state index contributed by atoms with van der Waals surface area (Å²) < 4.78 is 5.06. The van der Waals surface area contributed by atoms with Crippen LogP contribution >= 0.6 is 23.2 Å². The van der Waals surface area contributed by atoms with Crippen molar-refractivity contribution in [3.05, 3.63) is 27.7 Å². The van der Waals surface area contributed by atoms with Gasteiger partial charge in [-0.25, -0.2) is 0 Å². The molecule has 21 heavy (non-hydrogen) atoms. The summed E-state index contributed by atoms with van der Waals surface area (Å²) in [4.78, 5) is 27.1. The van der Waals surface area contributed by atoms with E-state index < -0.39 is 0 Å². The van der Waals surface area contributed by atoms with E-state index in [1.165, 1.54) is 14.0 Å². The Bertz CT molecular complexity index is 546. The van der Waals surface area contributed by atoms with Gasteiger partial charge in [0, 0.05) is 38.7 Å². The van der Waals surface area contributed by atoms with Gasteiger partial charge in [-0.15, -0.1) is 0 Å². The number of piperazine rings is 1. The molecular formula is C14H16Cl2N2O3. The summed E-state index contributed by atoms with van der Waals surface area (Å²) in [5, 5.41) is 0.603. The van der Waals surface area contributed by atoms with Gasteiger partial charge in [0.25, 0.3) is 5.91 Å². The van der Waals surface area contributed by atoms with E-state index in [-0.39, 0.29) is 11.8 Å². The minimum absolute atomic E-state index is 0.0256. The molecule has 1 saturated heterocycles. The van der Waals surface area contributed by atoms with E-state index in [1.54, 1.807) is 21.9 Å². The first-order chi connectivity index (χ1) is 9.93. The Hall–Kier alpha value is -1.46. The van der Waals surface area contributed by atoms with Gasteiger partial charge in [0.15, 0.2) is 5.75 Å². The van der Waals surface area contributed by atoms with E-state index in [4.69, 9.17) is 27.9 Å². The first-order valence-electron chi connectivity index (χ1n) is 6.52. The van der Waals surface area contributed by atoms with E-state index in [0.717, 1.165) is 0 Å². The monoisotopic (exact) mass is 330 g/mol. The first kappa shape index (κ1) is 15.9. The van der Waals surface area contributed by atoms with Gasteiger partial charge in [0.2, 0.25) is 5.91 Å². The van der Waals surface area contributed by atoms with Crippen molar-refractivity contribution < 1.29 is 14.3 Å². The number of nitrogens with zero attached hydrogens (tertiary/aromatic N) is 2. The predicted molar refractivity (Wildman–Crippen MR) is 81.2 cm³/mol. The molecule has 0 saturated carbocycles. The fraction of sp³-hybridized carbons (Fsp3) is 0.429. The molecule has 1 aromatic carbocycles. The third-order valence-electron chi connectivity index (χ3n) is 3.46. The lowest BCUT2D eigenvalue weighted by Crippen LogP contribution is -2.50. The Morgan fingerprint density at radius 2 is 1.52 bits per heavy atom. The van der Waals surface area contributed by atoms with Gasteiger partial charge >= 0.3 is 0 Å². The van der Waals surface area contributed by atoms with Crippen molar-refractivity contribution in [3.63, 3.8) is 0 Å². The zero-order valence-corrected chi connectivity index (χ0v) is 13.4. The van der Waals surface area contributed by atoms with Crippen molar-refractivity contribution in [2.24, 2.45) is 0 Å². The molecule has 0 unspecified atom stereocenters. The van der Waals surface area contributed by atoms with Crippen LogP contribution in [0.5, 0.6) is 5.75 Å². The van der Waals surface area contributed by atoms with Gasteiger partial charge in [-0.1, -0.05) is 23.2 Å². The number of halogens is 2. The van der Waals surface area contributed by atoms with Gasteiger partial charge in [0.05, 0.1) is 17.2 Å². The van der Waals surface area contributed by atoms with Crippen molar-refractivity contribution in [2.75, 3.05) is 33.3 Å². The molecule has 0 atom stereocenters. The molecule has 114 valence electrons. The number of amides is 2. The fourth-order valence-electron chi connectivity index (χ4n) is 2.29. The van der Waals surface area contributed by atoms with Gasteiger partial charge in [-0.3, -0.25) is 9.59 Å². The van der Waals surface area contributed by atoms with Crippen LogP contribution in [0, 0.1) is 0 Å². The zero-order chi connectivity index (χ0) is 15.6. The Morgan fingerprint density at radius 1 is 1.05 bits per heavy atom. The molecule has 0 aliphatic carbocycles. The van der Waals surface area contributed by atoms with E-state index in [9.17, 15) is 9.59 Å². The third kappa shape index (κ3) is 3.41. The highest BCUT2D eigenvalue weighted by molar-refractivity contribution is 6.37. The van der Waals surface area contributed by atoms with Crippen molar-refractivity contribution in [1.82, 2.24) is 9.80 Å². The summed E-state index contributed by atoms with van der Waals surface area (Å²) in [6, 6.07) is 3.10. The normalized spacial score (nSPS) is 15.0. The fourth-order valence-corrected chi connectivity index (χ4v) is 2.93. The van der Waals surface area contributed by atoms with E-state index in [1.807, 2.05) is 0 Å². The summed E-state index contributed by atoms with van der Waals surface area (Å²) in [5.41, 5.74) is 0.419. The number of hydrogen-bond donors (Lipinski definition) is 0. The van der Waals surface area contributed by atoms with Crippen LogP contribution in [0.1, 0.15) is 17.3 Å². The highest BCUT2D eigenvalue weighted by Crippen LogP contribution is 2.34. The molecule has 0 radical (unpaired) electrons. The van der Waals surface area contributed by atoms with Crippen molar-refractivity contribution in [3.8, 4) is 5.75 Å². The van der Waals surface area contributed by atoms with Crippen LogP contribution in [0.25, 0.3) is 0 Å². The molecule has 0 bridgehead atoms. The van der Waals surface area contributed by atoms with Crippen LogP contribution in [-0.2, 0) is 4.79 Å². The second-order valence-electron chi connectivity index (χ2n) is 4.77. The minimum atomic E-state index is -0.148. The standard InChI is InChI=1S/C14H16Cl2N2O3/c1-9(19)17-3-5-18(6-4-17)14(20)10-7-11(15)13(21-2)12(16)8-10/h7-8H,3-6H2,1-2H3. The molecule has 1 fully saturated rings. The maximum Gasteiger partial charge on any atom is 0.254 e. The Balaban J connectivity index is 2.13. The molecule has 1 heterocycles. The first-order valence-corrected chi connectivity index (χ1v) is 7.27. The lowest BCUT2D eigenvalue weighted by Gasteiger charge is -2.34. The summed E-state index contributed by atoms with van der Waals surface area (Å²) in [6.45, 7) is 3.61.